The van der Waals surface area contributed by atoms with Gasteiger partial charge in [0.25, 0.3) is 0 Å². The molecule has 18 heavy (non-hydrogen) atoms. The van der Waals surface area contributed by atoms with Gasteiger partial charge in [0, 0.05) is 5.54 Å². The van der Waals surface area contributed by atoms with Crippen molar-refractivity contribution in [2.75, 3.05) is 0 Å². The molecule has 0 amide bonds. The first-order valence-corrected chi connectivity index (χ1v) is 7.42. The van der Waals surface area contributed by atoms with Crippen LogP contribution in [0.4, 0.5) is 0 Å². The van der Waals surface area contributed by atoms with Crippen LogP contribution < -0.4 is 5.73 Å². The van der Waals surface area contributed by atoms with Gasteiger partial charge >= 0.3 is 0 Å². The number of nitrogens with two attached hydrogens (primary N) is 1. The fourth-order valence-corrected chi connectivity index (χ4v) is 3.10. The minimum atomic E-state index is -0.109. The maximum Gasteiger partial charge on any atom is 0.0138 e. The Morgan fingerprint density at radius 3 is 2.39 bits per heavy atom. The largest absolute Gasteiger partial charge is 0.325 e. The number of hydrogen-bond acceptors (Lipinski definition) is 1. The molecule has 0 atom stereocenters. The second-order valence-electron chi connectivity index (χ2n) is 6.60. The first kappa shape index (κ1) is 13.6. The molecule has 1 aromatic carbocycles. The van der Waals surface area contributed by atoms with E-state index in [2.05, 4.69) is 38.1 Å². The van der Waals surface area contributed by atoms with Gasteiger partial charge in [-0.1, -0.05) is 49.9 Å². The summed E-state index contributed by atoms with van der Waals surface area (Å²) in [5, 5.41) is 0. The summed E-state index contributed by atoms with van der Waals surface area (Å²) in [4.78, 5) is 0. The Morgan fingerprint density at radius 2 is 1.78 bits per heavy atom. The SMILES string of the molecule is CC(C)(N)Cc1cccc(C2CCCCCC2)c1. The van der Waals surface area contributed by atoms with Crippen LogP contribution in [0.3, 0.4) is 0 Å². The van der Waals surface area contributed by atoms with Gasteiger partial charge in [-0.15, -0.1) is 0 Å². The molecular weight excluding hydrogens is 218 g/mol. The van der Waals surface area contributed by atoms with Crippen LogP contribution in [0, 0.1) is 0 Å². The van der Waals surface area contributed by atoms with Gasteiger partial charge in [0.1, 0.15) is 0 Å². The molecule has 2 rings (SSSR count). The minimum absolute atomic E-state index is 0.109. The maximum absolute atomic E-state index is 6.12. The van der Waals surface area contributed by atoms with Crippen LogP contribution in [-0.4, -0.2) is 5.54 Å². The van der Waals surface area contributed by atoms with Gasteiger partial charge in [-0.25, -0.2) is 0 Å². The molecule has 0 aliphatic heterocycles. The maximum atomic E-state index is 6.12. The lowest BCUT2D eigenvalue weighted by molar-refractivity contribution is 0.515. The molecule has 0 unspecified atom stereocenters. The molecule has 1 aromatic rings. The van der Waals surface area contributed by atoms with Gasteiger partial charge in [-0.05, 0) is 50.2 Å². The molecule has 1 aliphatic rings. The third-order valence-electron chi connectivity index (χ3n) is 3.94. The topological polar surface area (TPSA) is 26.0 Å². The summed E-state index contributed by atoms with van der Waals surface area (Å²) in [5.74, 6) is 0.785. The predicted octanol–water partition coefficient (Wildman–Crippen LogP) is 4.40. The monoisotopic (exact) mass is 245 g/mol. The van der Waals surface area contributed by atoms with Crippen LogP contribution in [0.1, 0.15) is 69.4 Å². The average Bonchev–Trinajstić information content (AvgIpc) is 2.55. The molecule has 0 bridgehead atoms. The van der Waals surface area contributed by atoms with Crippen LogP contribution >= 0.6 is 0 Å². The summed E-state index contributed by atoms with van der Waals surface area (Å²) >= 11 is 0. The van der Waals surface area contributed by atoms with Gasteiger partial charge in [-0.3, -0.25) is 0 Å². The van der Waals surface area contributed by atoms with Gasteiger partial charge in [0.15, 0.2) is 0 Å². The molecule has 0 saturated heterocycles. The summed E-state index contributed by atoms with van der Waals surface area (Å²) < 4.78 is 0. The molecule has 1 fully saturated rings. The van der Waals surface area contributed by atoms with Crippen molar-refractivity contribution >= 4 is 0 Å². The van der Waals surface area contributed by atoms with Crippen molar-refractivity contribution in [3.8, 4) is 0 Å². The van der Waals surface area contributed by atoms with Gasteiger partial charge in [0.05, 0.1) is 0 Å². The molecule has 1 heteroatoms. The van der Waals surface area contributed by atoms with E-state index in [9.17, 15) is 0 Å². The van der Waals surface area contributed by atoms with E-state index in [1.807, 2.05) is 0 Å². The molecule has 0 heterocycles. The lowest BCUT2D eigenvalue weighted by Gasteiger charge is -2.20. The number of hydrogen-bond donors (Lipinski definition) is 1. The normalized spacial score (nSPS) is 18.6. The number of benzene rings is 1. The van der Waals surface area contributed by atoms with E-state index in [-0.39, 0.29) is 5.54 Å². The molecule has 100 valence electrons. The van der Waals surface area contributed by atoms with Crippen LogP contribution in [0.2, 0.25) is 0 Å². The van der Waals surface area contributed by atoms with Crippen molar-refractivity contribution in [3.05, 3.63) is 35.4 Å². The fourth-order valence-electron chi connectivity index (χ4n) is 3.10. The zero-order chi connectivity index (χ0) is 13.0. The molecule has 1 nitrogen and oxygen atoms in total. The Bertz CT molecular complexity index is 367. The van der Waals surface area contributed by atoms with Crippen molar-refractivity contribution in [1.29, 1.82) is 0 Å². The average molecular weight is 245 g/mol. The smallest absolute Gasteiger partial charge is 0.0138 e. The van der Waals surface area contributed by atoms with E-state index in [0.29, 0.717) is 0 Å². The zero-order valence-corrected chi connectivity index (χ0v) is 11.9. The standard InChI is InChI=1S/C17H27N/c1-17(2,18)13-14-8-7-11-16(12-14)15-9-5-3-4-6-10-15/h7-8,11-12,15H,3-6,9-10,13,18H2,1-2H3. The Labute approximate surface area is 112 Å². The first-order valence-electron chi connectivity index (χ1n) is 7.42. The molecule has 2 N–H and O–H groups in total. The predicted molar refractivity (Wildman–Crippen MR) is 78.9 cm³/mol. The summed E-state index contributed by atoms with van der Waals surface area (Å²) in [6, 6.07) is 9.13. The highest BCUT2D eigenvalue weighted by atomic mass is 14.7. The molecule has 0 aromatic heterocycles. The molecule has 0 spiro atoms. The molecule has 1 saturated carbocycles. The van der Waals surface area contributed by atoms with Gasteiger partial charge in [-0.2, -0.15) is 0 Å². The third-order valence-corrected chi connectivity index (χ3v) is 3.94. The van der Waals surface area contributed by atoms with E-state index < -0.39 is 0 Å². The molecule has 0 radical (unpaired) electrons. The van der Waals surface area contributed by atoms with Crippen molar-refractivity contribution in [2.24, 2.45) is 5.73 Å². The second kappa shape index (κ2) is 5.88. The summed E-state index contributed by atoms with van der Waals surface area (Å²) in [7, 11) is 0. The first-order chi connectivity index (χ1) is 8.54. The minimum Gasteiger partial charge on any atom is -0.325 e. The summed E-state index contributed by atoms with van der Waals surface area (Å²) in [5.41, 5.74) is 8.95. The van der Waals surface area contributed by atoms with Gasteiger partial charge in [0.2, 0.25) is 0 Å². The second-order valence-corrected chi connectivity index (χ2v) is 6.60. The van der Waals surface area contributed by atoms with Crippen molar-refractivity contribution in [1.82, 2.24) is 0 Å². The van der Waals surface area contributed by atoms with Crippen molar-refractivity contribution in [3.63, 3.8) is 0 Å². The van der Waals surface area contributed by atoms with E-state index in [4.69, 9.17) is 5.73 Å². The Kier molecular flexibility index (Phi) is 4.45. The van der Waals surface area contributed by atoms with E-state index in [1.165, 1.54) is 44.1 Å². The molecular formula is C17H27N. The third kappa shape index (κ3) is 4.13. The Balaban J connectivity index is 2.10. The zero-order valence-electron chi connectivity index (χ0n) is 11.9. The molecule has 1 aliphatic carbocycles. The quantitative estimate of drug-likeness (QED) is 0.785. The number of rotatable bonds is 3. The van der Waals surface area contributed by atoms with Crippen LogP contribution in [-0.2, 0) is 6.42 Å². The Morgan fingerprint density at radius 1 is 1.11 bits per heavy atom. The van der Waals surface area contributed by atoms with Crippen LogP contribution in [0.15, 0.2) is 24.3 Å². The fraction of sp³-hybridized carbons (Fsp3) is 0.647. The lowest BCUT2D eigenvalue weighted by Crippen LogP contribution is -2.34. The van der Waals surface area contributed by atoms with Crippen LogP contribution in [0.5, 0.6) is 0 Å². The van der Waals surface area contributed by atoms with E-state index in [0.717, 1.165) is 12.3 Å². The summed E-state index contributed by atoms with van der Waals surface area (Å²) in [6.45, 7) is 4.21. The van der Waals surface area contributed by atoms with Crippen molar-refractivity contribution < 1.29 is 0 Å². The Hall–Kier alpha value is -0.820. The van der Waals surface area contributed by atoms with E-state index >= 15 is 0 Å². The lowest BCUT2D eigenvalue weighted by atomic mass is 9.88. The highest BCUT2D eigenvalue weighted by Gasteiger charge is 2.16. The van der Waals surface area contributed by atoms with E-state index in [1.54, 1.807) is 5.56 Å². The van der Waals surface area contributed by atoms with Gasteiger partial charge < -0.3 is 5.73 Å². The summed E-state index contributed by atoms with van der Waals surface area (Å²) in [6.07, 6.45) is 9.35. The van der Waals surface area contributed by atoms with Crippen LogP contribution in [0.25, 0.3) is 0 Å². The highest BCUT2D eigenvalue weighted by Crippen LogP contribution is 2.32. The van der Waals surface area contributed by atoms with Crippen molar-refractivity contribution in [2.45, 2.75) is 70.3 Å². The highest BCUT2D eigenvalue weighted by molar-refractivity contribution is 5.27.